The lowest BCUT2D eigenvalue weighted by atomic mass is 9.86. The van der Waals surface area contributed by atoms with Crippen molar-refractivity contribution >= 4 is 0 Å². The molecule has 4 atom stereocenters. The fraction of sp³-hybridized carbons (Fsp3) is 0.538. The average Bonchev–Trinajstić information content (AvgIpc) is 2.86. The predicted molar refractivity (Wildman–Crippen MR) is 58.8 cm³/mol. The maximum atomic E-state index is 9.84. The van der Waals surface area contributed by atoms with Gasteiger partial charge in [-0.2, -0.15) is 0 Å². The van der Waals surface area contributed by atoms with E-state index in [0.29, 0.717) is 19.1 Å². The lowest BCUT2D eigenvalue weighted by molar-refractivity contribution is -0.0908. The summed E-state index contributed by atoms with van der Waals surface area (Å²) in [6.07, 6.45) is 0.424. The second-order valence-electron chi connectivity index (χ2n) is 4.63. The van der Waals surface area contributed by atoms with Crippen LogP contribution in [-0.2, 0) is 15.9 Å². The molecule has 3 rings (SSSR count). The third-order valence-corrected chi connectivity index (χ3v) is 3.55. The first-order chi connectivity index (χ1) is 7.84. The van der Waals surface area contributed by atoms with Gasteiger partial charge in [-0.3, -0.25) is 0 Å². The Balaban J connectivity index is 1.72. The fourth-order valence-corrected chi connectivity index (χ4v) is 2.73. The fourth-order valence-electron chi connectivity index (χ4n) is 2.73. The molecule has 2 saturated heterocycles. The van der Waals surface area contributed by atoms with Gasteiger partial charge in [0.15, 0.2) is 6.29 Å². The van der Waals surface area contributed by atoms with Crippen molar-refractivity contribution in [3.05, 3.63) is 35.9 Å². The van der Waals surface area contributed by atoms with E-state index in [0.717, 1.165) is 6.42 Å². The number of ether oxygens (including phenoxy) is 2. The molecular weight excluding hydrogens is 204 g/mol. The molecule has 2 aliphatic rings. The van der Waals surface area contributed by atoms with Crippen LogP contribution in [-0.4, -0.2) is 30.7 Å². The third-order valence-electron chi connectivity index (χ3n) is 3.55. The van der Waals surface area contributed by atoms with E-state index in [1.807, 2.05) is 18.2 Å². The lowest BCUT2D eigenvalue weighted by Crippen LogP contribution is -2.27. The summed E-state index contributed by atoms with van der Waals surface area (Å²) in [5.74, 6) is 0.533. The highest BCUT2D eigenvalue weighted by molar-refractivity contribution is 5.16. The molecule has 0 saturated carbocycles. The van der Waals surface area contributed by atoms with Gasteiger partial charge >= 0.3 is 0 Å². The molecule has 0 unspecified atom stereocenters. The van der Waals surface area contributed by atoms with Crippen LogP contribution in [0.2, 0.25) is 0 Å². The van der Waals surface area contributed by atoms with Gasteiger partial charge in [0, 0.05) is 5.92 Å². The number of aliphatic hydroxyl groups is 1. The van der Waals surface area contributed by atoms with Crippen LogP contribution >= 0.6 is 0 Å². The Labute approximate surface area is 95.0 Å². The summed E-state index contributed by atoms with van der Waals surface area (Å²) in [7, 11) is 0. The first-order valence-electron chi connectivity index (χ1n) is 5.80. The Morgan fingerprint density at radius 3 is 2.69 bits per heavy atom. The number of benzene rings is 1. The Morgan fingerprint density at radius 2 is 1.88 bits per heavy atom. The molecular formula is C13H16O3. The van der Waals surface area contributed by atoms with Crippen molar-refractivity contribution < 1.29 is 14.6 Å². The van der Waals surface area contributed by atoms with E-state index >= 15 is 0 Å². The van der Waals surface area contributed by atoms with Crippen LogP contribution < -0.4 is 0 Å². The van der Waals surface area contributed by atoms with Gasteiger partial charge in [-0.15, -0.1) is 0 Å². The van der Waals surface area contributed by atoms with Crippen LogP contribution in [0.15, 0.2) is 30.3 Å². The molecule has 1 aromatic carbocycles. The molecule has 2 fully saturated rings. The molecule has 0 bridgehead atoms. The zero-order chi connectivity index (χ0) is 11.0. The van der Waals surface area contributed by atoms with Crippen LogP contribution in [0.1, 0.15) is 5.56 Å². The summed E-state index contributed by atoms with van der Waals surface area (Å²) in [6, 6.07) is 10.4. The van der Waals surface area contributed by atoms with Crippen molar-refractivity contribution in [1.82, 2.24) is 0 Å². The normalized spacial score (nSPS) is 37.6. The Morgan fingerprint density at radius 1 is 1.12 bits per heavy atom. The summed E-state index contributed by atoms with van der Waals surface area (Å²) < 4.78 is 10.9. The first kappa shape index (κ1) is 10.3. The van der Waals surface area contributed by atoms with Gasteiger partial charge in [-0.25, -0.2) is 0 Å². The number of hydrogen-bond acceptors (Lipinski definition) is 3. The molecule has 0 spiro atoms. The Hall–Kier alpha value is -0.900. The van der Waals surface area contributed by atoms with Crippen molar-refractivity contribution in [3.8, 4) is 0 Å². The number of hydrogen-bond donors (Lipinski definition) is 1. The largest absolute Gasteiger partial charge is 0.390 e. The van der Waals surface area contributed by atoms with E-state index in [1.165, 1.54) is 5.56 Å². The topological polar surface area (TPSA) is 38.7 Å². The maximum absolute atomic E-state index is 9.84. The Kier molecular flexibility index (Phi) is 2.67. The third kappa shape index (κ3) is 1.75. The van der Waals surface area contributed by atoms with Gasteiger partial charge in [-0.1, -0.05) is 30.3 Å². The zero-order valence-corrected chi connectivity index (χ0v) is 9.08. The van der Waals surface area contributed by atoms with Crippen molar-refractivity contribution in [2.75, 3.05) is 13.2 Å². The van der Waals surface area contributed by atoms with Crippen LogP contribution in [0.5, 0.6) is 0 Å². The standard InChI is InChI=1S/C13H16O3/c14-11-8-16-13-12(11)10(7-15-13)6-9-4-2-1-3-5-9/h1-5,10-14H,6-8H2/t10-,11-,12+,13-/m0/s1. The highest BCUT2D eigenvalue weighted by atomic mass is 16.7. The highest BCUT2D eigenvalue weighted by Crippen LogP contribution is 2.37. The van der Waals surface area contributed by atoms with E-state index in [2.05, 4.69) is 12.1 Å². The average molecular weight is 220 g/mol. The molecule has 0 aromatic heterocycles. The van der Waals surface area contributed by atoms with Gasteiger partial charge in [0.25, 0.3) is 0 Å². The second-order valence-corrected chi connectivity index (χ2v) is 4.63. The van der Waals surface area contributed by atoms with Crippen LogP contribution in [0, 0.1) is 11.8 Å². The molecule has 3 heteroatoms. The monoisotopic (exact) mass is 220 g/mol. The highest BCUT2D eigenvalue weighted by Gasteiger charge is 2.46. The summed E-state index contributed by atoms with van der Waals surface area (Å²) in [5.41, 5.74) is 1.30. The molecule has 1 aromatic rings. The van der Waals surface area contributed by atoms with Gasteiger partial charge in [0.05, 0.1) is 19.3 Å². The number of fused-ring (bicyclic) bond motifs is 1. The molecule has 0 radical (unpaired) electrons. The minimum absolute atomic E-state index is 0.153. The van der Waals surface area contributed by atoms with Crippen molar-refractivity contribution in [3.63, 3.8) is 0 Å². The van der Waals surface area contributed by atoms with Gasteiger partial charge < -0.3 is 14.6 Å². The van der Waals surface area contributed by atoms with Crippen molar-refractivity contribution in [2.45, 2.75) is 18.8 Å². The first-order valence-corrected chi connectivity index (χ1v) is 5.80. The molecule has 3 nitrogen and oxygen atoms in total. The maximum Gasteiger partial charge on any atom is 0.163 e. The second kappa shape index (κ2) is 4.17. The molecule has 86 valence electrons. The van der Waals surface area contributed by atoms with Crippen LogP contribution in [0.4, 0.5) is 0 Å². The van der Waals surface area contributed by atoms with E-state index in [9.17, 15) is 5.11 Å². The van der Waals surface area contributed by atoms with Crippen LogP contribution in [0.25, 0.3) is 0 Å². The summed E-state index contributed by atoms with van der Waals surface area (Å²) in [6.45, 7) is 1.11. The van der Waals surface area contributed by atoms with Crippen molar-refractivity contribution in [1.29, 1.82) is 0 Å². The molecule has 1 N–H and O–H groups in total. The molecule has 2 aliphatic heterocycles. The Bertz CT molecular complexity index is 351. The summed E-state index contributed by atoms with van der Waals surface area (Å²) in [4.78, 5) is 0. The van der Waals surface area contributed by atoms with E-state index in [-0.39, 0.29) is 18.3 Å². The number of rotatable bonds is 2. The lowest BCUT2D eigenvalue weighted by Gasteiger charge is -2.17. The van der Waals surface area contributed by atoms with Gasteiger partial charge in [0.1, 0.15) is 0 Å². The molecule has 16 heavy (non-hydrogen) atoms. The van der Waals surface area contributed by atoms with E-state index in [4.69, 9.17) is 9.47 Å². The SMILES string of the molecule is O[C@H]1CO[C@@H]2OC[C@H](Cc3ccccc3)[C@@H]21. The minimum Gasteiger partial charge on any atom is -0.390 e. The molecule has 0 amide bonds. The van der Waals surface area contributed by atoms with Gasteiger partial charge in [0.2, 0.25) is 0 Å². The predicted octanol–water partition coefficient (Wildman–Crippen LogP) is 1.21. The van der Waals surface area contributed by atoms with Crippen molar-refractivity contribution in [2.24, 2.45) is 11.8 Å². The molecule has 2 heterocycles. The summed E-state index contributed by atoms with van der Waals surface area (Å²) in [5, 5.41) is 9.84. The minimum atomic E-state index is -0.360. The van der Waals surface area contributed by atoms with E-state index in [1.54, 1.807) is 0 Å². The smallest absolute Gasteiger partial charge is 0.163 e. The number of aliphatic hydroxyl groups excluding tert-OH is 1. The van der Waals surface area contributed by atoms with Crippen LogP contribution in [0.3, 0.4) is 0 Å². The summed E-state index contributed by atoms with van der Waals surface area (Å²) >= 11 is 0. The van der Waals surface area contributed by atoms with E-state index < -0.39 is 0 Å². The molecule has 0 aliphatic carbocycles. The van der Waals surface area contributed by atoms with Gasteiger partial charge in [-0.05, 0) is 17.9 Å². The zero-order valence-electron chi connectivity index (χ0n) is 9.08. The quantitative estimate of drug-likeness (QED) is 0.814.